The van der Waals surface area contributed by atoms with Crippen molar-refractivity contribution in [2.75, 3.05) is 20.1 Å². The normalized spacial score (nSPS) is 28.9. The van der Waals surface area contributed by atoms with Crippen molar-refractivity contribution in [3.05, 3.63) is 60.5 Å². The highest BCUT2D eigenvalue weighted by Crippen LogP contribution is 2.52. The number of imidazole rings is 1. The maximum absolute atomic E-state index is 13.3. The average Bonchev–Trinajstić information content (AvgIpc) is 3.48. The van der Waals surface area contributed by atoms with Crippen molar-refractivity contribution < 1.29 is 14.3 Å². The summed E-state index contributed by atoms with van der Waals surface area (Å²) < 4.78 is 8.24. The lowest BCUT2D eigenvalue weighted by Gasteiger charge is -2.28. The number of likely N-dealkylation sites (tertiary alicyclic amines) is 1. The van der Waals surface area contributed by atoms with E-state index in [1.54, 1.807) is 35.4 Å². The van der Waals surface area contributed by atoms with Gasteiger partial charge in [-0.05, 0) is 18.6 Å². The van der Waals surface area contributed by atoms with Crippen molar-refractivity contribution in [3.63, 3.8) is 0 Å². The lowest BCUT2D eigenvalue weighted by atomic mass is 9.76. The minimum Gasteiger partial charge on any atom is -0.360 e. The Hall–Kier alpha value is -3.00. The van der Waals surface area contributed by atoms with Crippen LogP contribution in [-0.2, 0) is 27.4 Å². The summed E-state index contributed by atoms with van der Waals surface area (Å²) in [5.41, 5.74) is 0.281. The molecule has 2 amide bonds. The summed E-state index contributed by atoms with van der Waals surface area (Å²) in [7, 11) is 1.80. The van der Waals surface area contributed by atoms with Crippen molar-refractivity contribution in [1.29, 1.82) is 0 Å². The van der Waals surface area contributed by atoms with Gasteiger partial charge in [0.2, 0.25) is 11.8 Å². The maximum atomic E-state index is 13.3. The Bertz CT molecular complexity index is 1000. The van der Waals surface area contributed by atoms with Crippen molar-refractivity contribution in [3.8, 4) is 0 Å². The van der Waals surface area contributed by atoms with Crippen LogP contribution in [0.4, 0.5) is 0 Å². The number of aromatic nitrogens is 3. The molecule has 2 bridgehead atoms. The third-order valence-electron chi connectivity index (χ3n) is 6.54. The van der Waals surface area contributed by atoms with Crippen LogP contribution < -0.4 is 0 Å². The molecule has 156 valence electrons. The second-order valence-corrected chi connectivity index (χ2v) is 8.38. The van der Waals surface area contributed by atoms with E-state index in [0.717, 1.165) is 11.4 Å². The van der Waals surface area contributed by atoms with Crippen LogP contribution in [0.1, 0.15) is 11.4 Å². The smallest absolute Gasteiger partial charge is 0.230 e. The van der Waals surface area contributed by atoms with Gasteiger partial charge < -0.3 is 19.1 Å². The van der Waals surface area contributed by atoms with Crippen LogP contribution in [-0.4, -0.2) is 68.0 Å². The molecule has 2 aromatic heterocycles. The van der Waals surface area contributed by atoms with Gasteiger partial charge in [-0.25, -0.2) is 4.98 Å². The van der Waals surface area contributed by atoms with E-state index in [2.05, 4.69) is 9.97 Å². The van der Waals surface area contributed by atoms with Gasteiger partial charge in [-0.2, -0.15) is 0 Å². The molecular formula is C22H25N5O3. The summed E-state index contributed by atoms with van der Waals surface area (Å²) in [4.78, 5) is 38.5. The lowest BCUT2D eigenvalue weighted by Crippen LogP contribution is -2.45. The van der Waals surface area contributed by atoms with E-state index in [9.17, 15) is 9.59 Å². The third kappa shape index (κ3) is 2.94. The van der Waals surface area contributed by atoms with Gasteiger partial charge in [-0.1, -0.05) is 18.2 Å². The van der Waals surface area contributed by atoms with Gasteiger partial charge in [-0.3, -0.25) is 14.6 Å². The van der Waals surface area contributed by atoms with E-state index in [1.165, 1.54) is 0 Å². The summed E-state index contributed by atoms with van der Waals surface area (Å²) in [6.07, 6.45) is 10.8. The van der Waals surface area contributed by atoms with Crippen LogP contribution in [0.2, 0.25) is 0 Å². The number of nitrogens with zero attached hydrogens (tertiary/aromatic N) is 5. The van der Waals surface area contributed by atoms with Crippen LogP contribution in [0.3, 0.4) is 0 Å². The van der Waals surface area contributed by atoms with Gasteiger partial charge in [0.1, 0.15) is 11.4 Å². The molecule has 3 aliphatic heterocycles. The minimum absolute atomic E-state index is 0.0112. The zero-order chi connectivity index (χ0) is 20.9. The molecule has 4 atom stereocenters. The zero-order valence-electron chi connectivity index (χ0n) is 17.1. The Kier molecular flexibility index (Phi) is 4.47. The van der Waals surface area contributed by atoms with Crippen LogP contribution in [0, 0.1) is 18.8 Å². The zero-order valence-corrected chi connectivity index (χ0v) is 17.1. The Morgan fingerprint density at radius 3 is 3.00 bits per heavy atom. The molecule has 0 aromatic carbocycles. The molecule has 8 heteroatoms. The molecule has 2 saturated heterocycles. The molecule has 5 rings (SSSR count). The predicted molar refractivity (Wildman–Crippen MR) is 108 cm³/mol. The second kappa shape index (κ2) is 7.05. The largest absolute Gasteiger partial charge is 0.360 e. The Morgan fingerprint density at radius 1 is 1.40 bits per heavy atom. The van der Waals surface area contributed by atoms with Gasteiger partial charge in [0.15, 0.2) is 0 Å². The van der Waals surface area contributed by atoms with Crippen molar-refractivity contribution >= 4 is 11.8 Å². The first-order valence-electron chi connectivity index (χ1n) is 10.3. The molecule has 0 unspecified atom stereocenters. The van der Waals surface area contributed by atoms with Crippen LogP contribution in [0.25, 0.3) is 0 Å². The number of likely N-dealkylation sites (N-methyl/N-ethyl adjacent to an activating group) is 1. The van der Waals surface area contributed by atoms with Gasteiger partial charge in [0.25, 0.3) is 0 Å². The number of carbonyl (C=O) groups excluding carboxylic acids is 2. The number of amides is 2. The standard InChI is InChI=1S/C22H25N5O3/c1-15-24-8-9-26(15)11-10-25(2)20(28)18-17-5-6-22(30-17)14-27(21(29)19(18)22)13-16-4-3-7-23-12-16/h3-9,12,17-19H,10-11,13-14H2,1-2H3/t17-,18-,19-,22-/m0/s1. The minimum atomic E-state index is -0.688. The fourth-order valence-electron chi connectivity index (χ4n) is 4.97. The summed E-state index contributed by atoms with van der Waals surface area (Å²) in [6.45, 7) is 4.10. The Morgan fingerprint density at radius 2 is 2.27 bits per heavy atom. The summed E-state index contributed by atoms with van der Waals surface area (Å²) in [6, 6.07) is 3.81. The number of aryl methyl sites for hydroxylation is 1. The summed E-state index contributed by atoms with van der Waals surface area (Å²) in [5.74, 6) is -0.0733. The Labute approximate surface area is 175 Å². The van der Waals surface area contributed by atoms with Gasteiger partial charge >= 0.3 is 0 Å². The van der Waals surface area contributed by atoms with E-state index in [-0.39, 0.29) is 17.9 Å². The lowest BCUT2D eigenvalue weighted by molar-refractivity contribution is -0.142. The quantitative estimate of drug-likeness (QED) is 0.668. The number of ether oxygens (including phenoxy) is 1. The number of hydrogen-bond donors (Lipinski definition) is 0. The Balaban J connectivity index is 1.31. The van der Waals surface area contributed by atoms with Gasteiger partial charge in [0, 0.05) is 51.5 Å². The molecule has 0 aliphatic carbocycles. The van der Waals surface area contributed by atoms with E-state index in [4.69, 9.17) is 4.74 Å². The fourth-order valence-corrected chi connectivity index (χ4v) is 4.97. The molecule has 0 radical (unpaired) electrons. The van der Waals surface area contributed by atoms with E-state index < -0.39 is 17.4 Å². The highest BCUT2D eigenvalue weighted by molar-refractivity contribution is 5.93. The highest BCUT2D eigenvalue weighted by atomic mass is 16.5. The van der Waals surface area contributed by atoms with Crippen LogP contribution in [0.15, 0.2) is 49.1 Å². The van der Waals surface area contributed by atoms with Crippen molar-refractivity contribution in [2.24, 2.45) is 11.8 Å². The van der Waals surface area contributed by atoms with E-state index in [1.807, 2.05) is 42.0 Å². The molecule has 30 heavy (non-hydrogen) atoms. The van der Waals surface area contributed by atoms with Gasteiger partial charge in [-0.15, -0.1) is 0 Å². The van der Waals surface area contributed by atoms with Crippen molar-refractivity contribution in [2.45, 2.75) is 31.7 Å². The number of hydrogen-bond acceptors (Lipinski definition) is 5. The van der Waals surface area contributed by atoms with Gasteiger partial charge in [0.05, 0.1) is 24.5 Å². The third-order valence-corrected chi connectivity index (χ3v) is 6.54. The van der Waals surface area contributed by atoms with Crippen LogP contribution >= 0.6 is 0 Å². The monoisotopic (exact) mass is 407 g/mol. The topological polar surface area (TPSA) is 80.6 Å². The molecule has 5 heterocycles. The van der Waals surface area contributed by atoms with Crippen LogP contribution in [0.5, 0.6) is 0 Å². The molecule has 2 fully saturated rings. The number of carbonyl (C=O) groups is 2. The number of pyridine rings is 1. The average molecular weight is 407 g/mol. The molecule has 8 nitrogen and oxygen atoms in total. The molecule has 0 N–H and O–H groups in total. The SMILES string of the molecule is Cc1nccn1CCN(C)C(=O)[C@H]1[C@@H]2C=C[C@@]3(CN(Cc4cccnc4)C(=O)[C@H]13)O2. The van der Waals surface area contributed by atoms with E-state index >= 15 is 0 Å². The maximum Gasteiger partial charge on any atom is 0.230 e. The number of fused-ring (bicyclic) bond motifs is 1. The van der Waals surface area contributed by atoms with E-state index in [0.29, 0.717) is 26.2 Å². The predicted octanol–water partition coefficient (Wildman–Crippen LogP) is 1.03. The first-order valence-corrected chi connectivity index (χ1v) is 10.3. The second-order valence-electron chi connectivity index (χ2n) is 8.38. The number of rotatable bonds is 6. The fraction of sp³-hybridized carbons (Fsp3) is 0.455. The van der Waals surface area contributed by atoms with Crippen molar-refractivity contribution in [1.82, 2.24) is 24.3 Å². The summed E-state index contributed by atoms with van der Waals surface area (Å²) in [5, 5.41) is 0. The molecule has 1 spiro atoms. The summed E-state index contributed by atoms with van der Waals surface area (Å²) >= 11 is 0. The first kappa shape index (κ1) is 19.0. The highest BCUT2D eigenvalue weighted by Gasteiger charge is 2.67. The first-order chi connectivity index (χ1) is 14.5. The molecule has 2 aromatic rings. The molecule has 3 aliphatic rings. The molecular weight excluding hydrogens is 382 g/mol. The molecule has 0 saturated carbocycles.